The minimum absolute atomic E-state index is 0.469. The third-order valence-electron chi connectivity index (χ3n) is 6.89. The van der Waals surface area contributed by atoms with Gasteiger partial charge in [-0.25, -0.2) is 15.0 Å². The minimum atomic E-state index is 0.469. The third kappa shape index (κ3) is 5.26. The number of hydrogen-bond donors (Lipinski definition) is 2. The van der Waals surface area contributed by atoms with E-state index in [1.807, 2.05) is 60.7 Å². The highest BCUT2D eigenvalue weighted by Crippen LogP contribution is 2.36. The van der Waals surface area contributed by atoms with Gasteiger partial charge in [-0.1, -0.05) is 12.1 Å². The number of nitrogens with zero attached hydrogens (tertiary/aromatic N) is 5. The van der Waals surface area contributed by atoms with E-state index in [-0.39, 0.29) is 0 Å². The molecule has 0 unspecified atom stereocenters. The Kier molecular flexibility index (Phi) is 7.17. The standard InChI is InChI=1S/C31H29N7O2/c1-32-31-34-18-16-27(36-31)26-11-6-17-33-30(26)40-22-14-12-21(13-15-22)35-29-25-10-4-3-9-24(25)28(37-38-29)20-7-5-8-23(19-20)39-2/h5-8,11-19H,3-4,9-10H2,1-2H3,(H,35,38)(H,32,34,36). The molecule has 6 rings (SSSR count). The average Bonchev–Trinajstić information content (AvgIpc) is 3.02. The molecule has 0 amide bonds. The third-order valence-corrected chi connectivity index (χ3v) is 6.89. The zero-order chi connectivity index (χ0) is 27.3. The summed E-state index contributed by atoms with van der Waals surface area (Å²) < 4.78 is 11.6. The van der Waals surface area contributed by atoms with Crippen LogP contribution in [0.2, 0.25) is 0 Å². The highest BCUT2D eigenvalue weighted by atomic mass is 16.5. The highest BCUT2D eigenvalue weighted by molar-refractivity contribution is 5.71. The molecule has 0 fully saturated rings. The summed E-state index contributed by atoms with van der Waals surface area (Å²) in [4.78, 5) is 13.2. The Balaban J connectivity index is 1.23. The van der Waals surface area contributed by atoms with Crippen LogP contribution < -0.4 is 20.1 Å². The number of hydrogen-bond acceptors (Lipinski definition) is 9. The van der Waals surface area contributed by atoms with Crippen LogP contribution in [0.5, 0.6) is 17.4 Å². The van der Waals surface area contributed by atoms with E-state index >= 15 is 0 Å². The van der Waals surface area contributed by atoms with Crippen molar-refractivity contribution in [2.45, 2.75) is 25.7 Å². The summed E-state index contributed by atoms with van der Waals surface area (Å²) in [5, 5.41) is 15.7. The molecule has 2 N–H and O–H groups in total. The second-order valence-electron chi connectivity index (χ2n) is 9.42. The molecular weight excluding hydrogens is 502 g/mol. The Morgan fingerprint density at radius 2 is 1.65 bits per heavy atom. The van der Waals surface area contributed by atoms with Crippen LogP contribution in [0.3, 0.4) is 0 Å². The quantitative estimate of drug-likeness (QED) is 0.233. The molecule has 2 aromatic carbocycles. The van der Waals surface area contributed by atoms with Gasteiger partial charge in [0.05, 0.1) is 24.1 Å². The number of rotatable bonds is 8. The van der Waals surface area contributed by atoms with Crippen molar-refractivity contribution in [3.8, 4) is 39.9 Å². The van der Waals surface area contributed by atoms with Gasteiger partial charge in [0.25, 0.3) is 0 Å². The first-order valence-corrected chi connectivity index (χ1v) is 13.3. The maximum Gasteiger partial charge on any atom is 0.228 e. The summed E-state index contributed by atoms with van der Waals surface area (Å²) in [6.07, 6.45) is 7.62. The maximum atomic E-state index is 6.16. The molecule has 0 atom stereocenters. The normalized spacial score (nSPS) is 12.3. The molecule has 0 saturated heterocycles. The van der Waals surface area contributed by atoms with Gasteiger partial charge in [-0.05, 0) is 85.8 Å². The van der Waals surface area contributed by atoms with Crippen LogP contribution in [0.25, 0.3) is 22.5 Å². The lowest BCUT2D eigenvalue weighted by atomic mass is 9.89. The van der Waals surface area contributed by atoms with Crippen molar-refractivity contribution in [3.63, 3.8) is 0 Å². The van der Waals surface area contributed by atoms with E-state index in [2.05, 4.69) is 41.8 Å². The van der Waals surface area contributed by atoms with Gasteiger partial charge in [0.1, 0.15) is 11.5 Å². The van der Waals surface area contributed by atoms with Crippen molar-refractivity contribution >= 4 is 17.5 Å². The van der Waals surface area contributed by atoms with Gasteiger partial charge in [0.15, 0.2) is 5.82 Å². The van der Waals surface area contributed by atoms with Crippen molar-refractivity contribution in [2.24, 2.45) is 0 Å². The van der Waals surface area contributed by atoms with Crippen molar-refractivity contribution < 1.29 is 9.47 Å². The van der Waals surface area contributed by atoms with Crippen molar-refractivity contribution in [3.05, 3.63) is 90.3 Å². The minimum Gasteiger partial charge on any atom is -0.497 e. The summed E-state index contributed by atoms with van der Waals surface area (Å²) in [7, 11) is 3.46. The van der Waals surface area contributed by atoms with Gasteiger partial charge >= 0.3 is 0 Å². The molecule has 0 saturated carbocycles. The van der Waals surface area contributed by atoms with Crippen LogP contribution in [0.15, 0.2) is 79.1 Å². The van der Waals surface area contributed by atoms with Crippen molar-refractivity contribution in [2.75, 3.05) is 24.8 Å². The molecule has 3 aromatic heterocycles. The van der Waals surface area contributed by atoms with Crippen LogP contribution in [0.1, 0.15) is 24.0 Å². The Hall–Kier alpha value is -5.05. The first-order valence-electron chi connectivity index (χ1n) is 13.3. The number of nitrogens with one attached hydrogen (secondary N) is 2. The monoisotopic (exact) mass is 531 g/mol. The van der Waals surface area contributed by atoms with Crippen LogP contribution in [0, 0.1) is 0 Å². The van der Waals surface area contributed by atoms with Crippen LogP contribution in [-0.4, -0.2) is 39.3 Å². The van der Waals surface area contributed by atoms with Gasteiger partial charge in [0.2, 0.25) is 11.8 Å². The summed E-state index contributed by atoms with van der Waals surface area (Å²) in [5.41, 5.74) is 6.84. The number of methoxy groups -OCH3 is 1. The molecule has 5 aromatic rings. The van der Waals surface area contributed by atoms with Crippen molar-refractivity contribution in [1.29, 1.82) is 0 Å². The lowest BCUT2D eigenvalue weighted by Gasteiger charge is -2.21. The van der Waals surface area contributed by atoms with E-state index in [0.717, 1.165) is 65.5 Å². The number of benzene rings is 2. The molecule has 0 radical (unpaired) electrons. The van der Waals surface area contributed by atoms with Gasteiger partial charge in [0, 0.05) is 36.3 Å². The second-order valence-corrected chi connectivity index (χ2v) is 9.42. The number of ether oxygens (including phenoxy) is 2. The molecule has 200 valence electrons. The van der Waals surface area contributed by atoms with Gasteiger partial charge < -0.3 is 20.1 Å². The first kappa shape index (κ1) is 25.2. The van der Waals surface area contributed by atoms with Gasteiger partial charge in [-0.15, -0.1) is 10.2 Å². The molecule has 0 bridgehead atoms. The fourth-order valence-electron chi connectivity index (χ4n) is 4.90. The molecule has 0 spiro atoms. The van der Waals surface area contributed by atoms with Crippen LogP contribution in [0.4, 0.5) is 17.5 Å². The van der Waals surface area contributed by atoms with Crippen LogP contribution in [-0.2, 0) is 12.8 Å². The lowest BCUT2D eigenvalue weighted by molar-refractivity contribution is 0.415. The molecule has 3 heterocycles. The summed E-state index contributed by atoms with van der Waals surface area (Å²) >= 11 is 0. The van der Waals surface area contributed by atoms with Gasteiger partial charge in [-0.3, -0.25) is 0 Å². The van der Waals surface area contributed by atoms with E-state index in [4.69, 9.17) is 9.47 Å². The predicted octanol–water partition coefficient (Wildman–Crippen LogP) is 6.46. The second kappa shape index (κ2) is 11.4. The number of pyridine rings is 1. The predicted molar refractivity (Wildman–Crippen MR) is 155 cm³/mol. The Bertz CT molecular complexity index is 1640. The van der Waals surface area contributed by atoms with Gasteiger partial charge in [-0.2, -0.15) is 0 Å². The zero-order valence-electron chi connectivity index (χ0n) is 22.4. The molecule has 40 heavy (non-hydrogen) atoms. The highest BCUT2D eigenvalue weighted by Gasteiger charge is 2.21. The maximum absolute atomic E-state index is 6.16. The van der Waals surface area contributed by atoms with E-state index < -0.39 is 0 Å². The number of fused-ring (bicyclic) bond motifs is 1. The fraction of sp³-hybridized carbons (Fsp3) is 0.194. The van der Waals surface area contributed by atoms with Crippen LogP contribution >= 0.6 is 0 Å². The average molecular weight is 532 g/mol. The summed E-state index contributed by atoms with van der Waals surface area (Å²) in [6.45, 7) is 0. The lowest BCUT2D eigenvalue weighted by Crippen LogP contribution is -2.12. The topological polar surface area (TPSA) is 107 Å². The summed E-state index contributed by atoms with van der Waals surface area (Å²) in [6, 6.07) is 21.4. The molecule has 0 aliphatic heterocycles. The Morgan fingerprint density at radius 3 is 2.48 bits per heavy atom. The fourth-order valence-corrected chi connectivity index (χ4v) is 4.90. The Morgan fingerprint density at radius 1 is 0.800 bits per heavy atom. The van der Waals surface area contributed by atoms with E-state index in [1.54, 1.807) is 26.6 Å². The van der Waals surface area contributed by atoms with E-state index in [1.165, 1.54) is 11.1 Å². The van der Waals surface area contributed by atoms with E-state index in [0.29, 0.717) is 17.6 Å². The molecule has 9 nitrogen and oxygen atoms in total. The molecule has 1 aliphatic rings. The molecule has 9 heteroatoms. The zero-order valence-corrected chi connectivity index (χ0v) is 22.4. The Labute approximate surface area is 232 Å². The smallest absolute Gasteiger partial charge is 0.228 e. The molecule has 1 aliphatic carbocycles. The number of aromatic nitrogens is 5. The SMILES string of the molecule is CNc1nccc(-c2cccnc2Oc2ccc(Nc3nnc(-c4cccc(OC)c4)c4c3CCCC4)cc2)n1. The van der Waals surface area contributed by atoms with Crippen molar-refractivity contribution in [1.82, 2.24) is 25.1 Å². The largest absolute Gasteiger partial charge is 0.497 e. The van der Waals surface area contributed by atoms with E-state index in [9.17, 15) is 0 Å². The first-order chi connectivity index (χ1) is 19.7. The summed E-state index contributed by atoms with van der Waals surface area (Å²) in [5.74, 6) is 3.27. The number of anilines is 3. The molecular formula is C31H29N7O2.